The van der Waals surface area contributed by atoms with E-state index < -0.39 is 16.8 Å². The summed E-state index contributed by atoms with van der Waals surface area (Å²) in [4.78, 5) is 0. The number of alkyl halides is 2. The molecule has 0 unspecified atom stereocenters. The van der Waals surface area contributed by atoms with Crippen LogP contribution in [0.1, 0.15) is 12.8 Å². The van der Waals surface area contributed by atoms with Gasteiger partial charge in [-0.25, -0.2) is 8.78 Å². The van der Waals surface area contributed by atoms with Crippen LogP contribution in [-0.2, 0) is 0 Å². The number of halogens is 2. The molecule has 1 heterocycles. The summed E-state index contributed by atoms with van der Waals surface area (Å²) < 4.78 is 26.1. The average Bonchev–Trinajstić information content (AvgIpc) is 2.47. The van der Waals surface area contributed by atoms with Crippen molar-refractivity contribution in [1.82, 2.24) is 5.32 Å². The van der Waals surface area contributed by atoms with Crippen molar-refractivity contribution in [2.75, 3.05) is 13.1 Å². The first-order valence-corrected chi connectivity index (χ1v) is 3.75. The molecule has 2 spiro atoms. The fourth-order valence-corrected chi connectivity index (χ4v) is 2.59. The van der Waals surface area contributed by atoms with Gasteiger partial charge in [0.05, 0.1) is 5.41 Å². The van der Waals surface area contributed by atoms with Gasteiger partial charge in [0.15, 0.2) is 0 Å². The Morgan fingerprint density at radius 2 is 1.60 bits per heavy atom. The maximum absolute atomic E-state index is 13.0. The SMILES string of the molecule is FC1(F)C2(CC2)C12CNC2. The molecule has 0 atom stereocenters. The lowest BCUT2D eigenvalue weighted by Crippen LogP contribution is -2.48. The van der Waals surface area contributed by atoms with E-state index in [4.69, 9.17) is 0 Å². The van der Waals surface area contributed by atoms with Crippen molar-refractivity contribution in [3.63, 3.8) is 0 Å². The van der Waals surface area contributed by atoms with Crippen LogP contribution in [0.25, 0.3) is 0 Å². The monoisotopic (exact) mass is 145 g/mol. The summed E-state index contributed by atoms with van der Waals surface area (Å²) in [6, 6.07) is 0. The van der Waals surface area contributed by atoms with Gasteiger partial charge in [-0.2, -0.15) is 0 Å². The molecule has 0 aromatic heterocycles. The van der Waals surface area contributed by atoms with Crippen LogP contribution in [0.15, 0.2) is 0 Å². The average molecular weight is 145 g/mol. The van der Waals surface area contributed by atoms with Gasteiger partial charge in [0.1, 0.15) is 0 Å². The molecule has 3 fully saturated rings. The zero-order valence-corrected chi connectivity index (χ0v) is 5.58. The second-order valence-electron chi connectivity index (χ2n) is 3.84. The van der Waals surface area contributed by atoms with Crippen molar-refractivity contribution in [2.45, 2.75) is 18.8 Å². The molecule has 0 aromatic rings. The van der Waals surface area contributed by atoms with E-state index in [2.05, 4.69) is 5.32 Å². The summed E-state index contributed by atoms with van der Waals surface area (Å²) in [5, 5.41) is 2.94. The van der Waals surface area contributed by atoms with Crippen LogP contribution in [0.5, 0.6) is 0 Å². The summed E-state index contributed by atoms with van der Waals surface area (Å²) in [6.45, 7) is 1.11. The lowest BCUT2D eigenvalue weighted by Gasteiger charge is -2.27. The van der Waals surface area contributed by atoms with Gasteiger partial charge in [0, 0.05) is 18.5 Å². The van der Waals surface area contributed by atoms with Gasteiger partial charge in [0.25, 0.3) is 5.92 Å². The molecule has 10 heavy (non-hydrogen) atoms. The smallest absolute Gasteiger partial charge is 0.263 e. The molecule has 1 aliphatic heterocycles. The third kappa shape index (κ3) is 0.254. The second kappa shape index (κ2) is 1.04. The molecule has 1 nitrogen and oxygen atoms in total. The first-order valence-electron chi connectivity index (χ1n) is 3.75. The molecule has 1 saturated heterocycles. The third-order valence-corrected chi connectivity index (χ3v) is 3.66. The molecule has 0 aromatic carbocycles. The van der Waals surface area contributed by atoms with Crippen molar-refractivity contribution >= 4 is 0 Å². The van der Waals surface area contributed by atoms with Gasteiger partial charge in [-0.1, -0.05) is 0 Å². The molecule has 0 amide bonds. The van der Waals surface area contributed by atoms with E-state index in [0.717, 1.165) is 12.8 Å². The summed E-state index contributed by atoms with van der Waals surface area (Å²) in [7, 11) is 0. The fraction of sp³-hybridized carbons (Fsp3) is 1.00. The molecular weight excluding hydrogens is 136 g/mol. The van der Waals surface area contributed by atoms with E-state index in [9.17, 15) is 8.78 Å². The molecule has 3 heteroatoms. The predicted molar refractivity (Wildman–Crippen MR) is 31.9 cm³/mol. The number of rotatable bonds is 0. The Morgan fingerprint density at radius 3 is 1.70 bits per heavy atom. The summed E-state index contributed by atoms with van der Waals surface area (Å²) in [5.41, 5.74) is -1.08. The highest BCUT2D eigenvalue weighted by Gasteiger charge is 2.96. The number of nitrogens with one attached hydrogen (secondary N) is 1. The highest BCUT2D eigenvalue weighted by atomic mass is 19.3. The van der Waals surface area contributed by atoms with Gasteiger partial charge < -0.3 is 5.32 Å². The van der Waals surface area contributed by atoms with E-state index in [-0.39, 0.29) is 0 Å². The van der Waals surface area contributed by atoms with E-state index in [0.29, 0.717) is 13.1 Å². The minimum atomic E-state index is -2.31. The summed E-state index contributed by atoms with van der Waals surface area (Å²) in [6.07, 6.45) is 1.53. The van der Waals surface area contributed by atoms with Crippen LogP contribution in [0, 0.1) is 10.8 Å². The zero-order chi connectivity index (χ0) is 7.04. The molecule has 3 rings (SSSR count). The first-order chi connectivity index (χ1) is 4.66. The number of hydrogen-bond donors (Lipinski definition) is 1. The van der Waals surface area contributed by atoms with Crippen molar-refractivity contribution in [3.05, 3.63) is 0 Å². The Kier molecular flexibility index (Phi) is 0.566. The standard InChI is InChI=1S/C7H9F2N/c8-7(9)5(1-2-5)6(7)3-10-4-6/h10H,1-4H2. The highest BCUT2D eigenvalue weighted by molar-refractivity contribution is 5.39. The lowest BCUT2D eigenvalue weighted by atomic mass is 9.95. The van der Waals surface area contributed by atoms with Crippen molar-refractivity contribution in [3.8, 4) is 0 Å². The topological polar surface area (TPSA) is 12.0 Å². The molecule has 2 aliphatic carbocycles. The van der Waals surface area contributed by atoms with Crippen LogP contribution in [-0.4, -0.2) is 19.0 Å². The maximum Gasteiger partial charge on any atom is 0.263 e. The molecule has 56 valence electrons. The molecule has 1 N–H and O–H groups in total. The van der Waals surface area contributed by atoms with E-state index in [1.54, 1.807) is 0 Å². The Hall–Kier alpha value is -0.180. The van der Waals surface area contributed by atoms with Gasteiger partial charge >= 0.3 is 0 Å². The van der Waals surface area contributed by atoms with Crippen LogP contribution in [0.2, 0.25) is 0 Å². The van der Waals surface area contributed by atoms with Gasteiger partial charge in [-0.05, 0) is 12.8 Å². The minimum Gasteiger partial charge on any atom is -0.315 e. The third-order valence-electron chi connectivity index (χ3n) is 3.66. The fourth-order valence-electron chi connectivity index (χ4n) is 2.59. The first kappa shape index (κ1) is 5.47. The minimum absolute atomic E-state index is 0.509. The van der Waals surface area contributed by atoms with Gasteiger partial charge in [-0.3, -0.25) is 0 Å². The Morgan fingerprint density at radius 1 is 1.00 bits per heavy atom. The van der Waals surface area contributed by atoms with Gasteiger partial charge in [-0.15, -0.1) is 0 Å². The largest absolute Gasteiger partial charge is 0.315 e. The van der Waals surface area contributed by atoms with Gasteiger partial charge in [0.2, 0.25) is 0 Å². The molecule has 0 radical (unpaired) electrons. The van der Waals surface area contributed by atoms with E-state index >= 15 is 0 Å². The Labute approximate surface area is 57.8 Å². The van der Waals surface area contributed by atoms with Crippen LogP contribution < -0.4 is 5.32 Å². The molecule has 0 bridgehead atoms. The Balaban J connectivity index is 2.03. The van der Waals surface area contributed by atoms with Crippen LogP contribution in [0.3, 0.4) is 0 Å². The van der Waals surface area contributed by atoms with Crippen molar-refractivity contribution < 1.29 is 8.78 Å². The molecule has 3 aliphatic rings. The second-order valence-corrected chi connectivity index (χ2v) is 3.84. The quantitative estimate of drug-likeness (QED) is 0.536. The number of fused-ring (bicyclic) bond motifs is 1. The zero-order valence-electron chi connectivity index (χ0n) is 5.58. The highest BCUT2D eigenvalue weighted by Crippen LogP contribution is 2.88. The van der Waals surface area contributed by atoms with E-state index in [1.165, 1.54) is 0 Å². The Bertz CT molecular complexity index is 198. The van der Waals surface area contributed by atoms with Crippen LogP contribution in [0.4, 0.5) is 8.78 Å². The maximum atomic E-state index is 13.0. The van der Waals surface area contributed by atoms with Crippen molar-refractivity contribution in [1.29, 1.82) is 0 Å². The number of hydrogen-bond acceptors (Lipinski definition) is 1. The molecular formula is C7H9F2N. The van der Waals surface area contributed by atoms with Crippen molar-refractivity contribution in [2.24, 2.45) is 10.8 Å². The molecule has 2 saturated carbocycles. The van der Waals surface area contributed by atoms with E-state index in [1.807, 2.05) is 0 Å². The van der Waals surface area contributed by atoms with Crippen LogP contribution >= 0.6 is 0 Å². The normalized spacial score (nSPS) is 41.4. The summed E-state index contributed by atoms with van der Waals surface area (Å²) in [5.74, 6) is -2.31. The summed E-state index contributed by atoms with van der Waals surface area (Å²) >= 11 is 0. The predicted octanol–water partition coefficient (Wildman–Crippen LogP) is 1.01. The lowest BCUT2D eigenvalue weighted by molar-refractivity contribution is 0.0372.